The molecule has 6 rings (SSSR count). The van der Waals surface area contributed by atoms with Gasteiger partial charge in [-0.3, -0.25) is 4.79 Å². The Morgan fingerprint density at radius 3 is 2.48 bits per heavy atom. The number of piperidine rings is 1. The number of benzene rings is 2. The molecule has 40 heavy (non-hydrogen) atoms. The zero-order valence-corrected chi connectivity index (χ0v) is 24.4. The summed E-state index contributed by atoms with van der Waals surface area (Å²) in [5.74, 6) is 1.31. The normalized spacial score (nSPS) is 22.2. The van der Waals surface area contributed by atoms with Crippen LogP contribution in [0.3, 0.4) is 0 Å². The molecule has 2 aromatic carbocycles. The summed E-state index contributed by atoms with van der Waals surface area (Å²) < 4.78 is 34.9. The number of rotatable bonds is 10. The van der Waals surface area contributed by atoms with Crippen molar-refractivity contribution >= 4 is 44.6 Å². The lowest BCUT2D eigenvalue weighted by Gasteiger charge is -2.33. The van der Waals surface area contributed by atoms with E-state index >= 15 is 0 Å². The second-order valence-electron chi connectivity index (χ2n) is 11.1. The van der Waals surface area contributed by atoms with Gasteiger partial charge in [0.2, 0.25) is 0 Å². The molecule has 0 unspecified atom stereocenters. The Kier molecular flexibility index (Phi) is 7.59. The van der Waals surface area contributed by atoms with Gasteiger partial charge in [0.15, 0.2) is 0 Å². The smallest absolute Gasteiger partial charge is 0.251 e. The molecule has 11 heteroatoms. The molecule has 2 saturated carbocycles. The summed E-state index contributed by atoms with van der Waals surface area (Å²) in [6.07, 6.45) is 5.44. The van der Waals surface area contributed by atoms with Gasteiger partial charge >= 0.3 is 0 Å². The Bertz CT molecular complexity index is 1500. The largest absolute Gasteiger partial charge is 0.373 e. The summed E-state index contributed by atoms with van der Waals surface area (Å²) >= 11 is 13.0. The van der Waals surface area contributed by atoms with Gasteiger partial charge in [-0.15, -0.1) is 0 Å². The monoisotopic (exact) mass is 603 g/mol. The van der Waals surface area contributed by atoms with Crippen LogP contribution < -0.4 is 10.2 Å². The average Bonchev–Trinajstić information content (AvgIpc) is 3.36. The third kappa shape index (κ3) is 5.75. The Hall–Kier alpha value is -2.59. The number of hydrogen-bond acceptors (Lipinski definition) is 7. The Morgan fingerprint density at radius 2 is 1.85 bits per heavy atom. The van der Waals surface area contributed by atoms with Crippen molar-refractivity contribution in [1.29, 1.82) is 0 Å². The summed E-state index contributed by atoms with van der Waals surface area (Å²) in [7, 11) is -3.12. The molecule has 2 aliphatic carbocycles. The molecule has 1 amide bonds. The van der Waals surface area contributed by atoms with E-state index in [0.717, 1.165) is 55.5 Å². The number of aromatic nitrogens is 1. The molecule has 212 valence electrons. The zero-order chi connectivity index (χ0) is 28.0. The van der Waals surface area contributed by atoms with Crippen LogP contribution in [0.1, 0.15) is 53.3 Å². The molecule has 1 N–H and O–H groups in total. The van der Waals surface area contributed by atoms with Crippen molar-refractivity contribution in [2.75, 3.05) is 30.0 Å². The van der Waals surface area contributed by atoms with Crippen LogP contribution in [0.5, 0.6) is 0 Å². The highest BCUT2D eigenvalue weighted by molar-refractivity contribution is 7.90. The van der Waals surface area contributed by atoms with Gasteiger partial charge in [-0.05, 0) is 62.1 Å². The Balaban J connectivity index is 1.08. The summed E-state index contributed by atoms with van der Waals surface area (Å²) in [5.41, 5.74) is 3.89. The number of amides is 1. The van der Waals surface area contributed by atoms with Crippen LogP contribution >= 0.6 is 23.2 Å². The molecule has 0 radical (unpaired) electrons. The average molecular weight is 605 g/mol. The van der Waals surface area contributed by atoms with Gasteiger partial charge in [-0.2, -0.15) is 0 Å². The van der Waals surface area contributed by atoms with E-state index in [2.05, 4.69) is 15.4 Å². The predicted molar refractivity (Wildman–Crippen MR) is 155 cm³/mol. The number of hydrogen-bond donors (Lipinski definition) is 1. The van der Waals surface area contributed by atoms with Crippen molar-refractivity contribution in [2.45, 2.75) is 50.4 Å². The van der Waals surface area contributed by atoms with E-state index in [4.69, 9.17) is 32.5 Å². The van der Waals surface area contributed by atoms with Gasteiger partial charge in [-0.1, -0.05) is 34.4 Å². The summed E-state index contributed by atoms with van der Waals surface area (Å²) in [6, 6.07) is 13.3. The van der Waals surface area contributed by atoms with Crippen LogP contribution in [0.4, 0.5) is 5.69 Å². The molecule has 3 aromatic rings. The van der Waals surface area contributed by atoms with Crippen molar-refractivity contribution < 1.29 is 22.5 Å². The Morgan fingerprint density at radius 1 is 1.12 bits per heavy atom. The highest BCUT2D eigenvalue weighted by Gasteiger charge is 2.45. The molecule has 0 spiro atoms. The van der Waals surface area contributed by atoms with Crippen LogP contribution in [-0.2, 0) is 21.2 Å². The lowest BCUT2D eigenvalue weighted by Crippen LogP contribution is -2.38. The molecule has 1 aromatic heterocycles. The lowest BCUT2D eigenvalue weighted by molar-refractivity contribution is 0.0122. The maximum atomic E-state index is 12.4. The lowest BCUT2D eigenvalue weighted by atomic mass is 10.0. The van der Waals surface area contributed by atoms with Crippen LogP contribution in [0.15, 0.2) is 47.0 Å². The van der Waals surface area contributed by atoms with E-state index in [1.807, 2.05) is 18.2 Å². The van der Waals surface area contributed by atoms with E-state index in [0.29, 0.717) is 51.4 Å². The maximum absolute atomic E-state index is 12.4. The van der Waals surface area contributed by atoms with Gasteiger partial charge in [0.1, 0.15) is 21.3 Å². The SMILES string of the molecule is CS(=O)(=O)CCNC(=O)c1ccc(N2C[C@@H]3C[C@H]2C[C@H]3OCc2c(-c3c(Cl)cccc3Cl)noc2C2CC2)cc1. The second kappa shape index (κ2) is 11.0. The zero-order valence-electron chi connectivity index (χ0n) is 22.1. The molecule has 1 saturated heterocycles. The number of nitrogens with zero attached hydrogens (tertiary/aromatic N) is 2. The number of sulfone groups is 1. The fraction of sp³-hybridized carbons (Fsp3) is 0.448. The highest BCUT2D eigenvalue weighted by atomic mass is 35.5. The molecular weight excluding hydrogens is 573 g/mol. The maximum Gasteiger partial charge on any atom is 0.251 e. The van der Waals surface area contributed by atoms with Crippen molar-refractivity contribution in [1.82, 2.24) is 10.5 Å². The molecule has 3 atom stereocenters. The summed E-state index contributed by atoms with van der Waals surface area (Å²) in [5, 5.41) is 8.12. The molecule has 1 aliphatic heterocycles. The fourth-order valence-corrected chi connectivity index (χ4v) is 6.97. The quantitative estimate of drug-likeness (QED) is 0.327. The second-order valence-corrected chi connectivity index (χ2v) is 14.1. The van der Waals surface area contributed by atoms with Crippen molar-refractivity contribution in [3.8, 4) is 11.3 Å². The molecular formula is C29H31Cl2N3O5S. The van der Waals surface area contributed by atoms with E-state index < -0.39 is 9.84 Å². The van der Waals surface area contributed by atoms with Crippen molar-refractivity contribution in [3.63, 3.8) is 0 Å². The summed E-state index contributed by atoms with van der Waals surface area (Å²) in [4.78, 5) is 14.8. The van der Waals surface area contributed by atoms with Crippen LogP contribution in [0, 0.1) is 5.92 Å². The standard InChI is InChI=1S/C29H31Cl2N3O5S/c1-40(36,37)12-11-32-29(35)18-7-9-20(10-8-18)34-15-19-13-21(34)14-25(19)38-16-22-27(33-39-28(22)17-5-6-17)26-23(30)3-2-4-24(26)31/h2-4,7-10,17,19,21,25H,5-6,11-16H2,1H3,(H,32,35)/t19-,21-,25+/m0/s1. The summed E-state index contributed by atoms with van der Waals surface area (Å²) in [6.45, 7) is 1.39. The van der Waals surface area contributed by atoms with E-state index in [-0.39, 0.29) is 24.3 Å². The van der Waals surface area contributed by atoms with E-state index in [1.54, 1.807) is 24.3 Å². The van der Waals surface area contributed by atoms with Gasteiger partial charge in [0, 0.05) is 59.6 Å². The van der Waals surface area contributed by atoms with E-state index in [9.17, 15) is 13.2 Å². The number of nitrogens with one attached hydrogen (secondary N) is 1. The predicted octanol–water partition coefficient (Wildman–Crippen LogP) is 5.48. The Labute approximate surface area is 243 Å². The molecule has 2 bridgehead atoms. The van der Waals surface area contributed by atoms with Crippen LogP contribution in [-0.4, -0.2) is 56.7 Å². The minimum atomic E-state index is -3.12. The van der Waals surface area contributed by atoms with Gasteiger partial charge in [0.05, 0.1) is 28.5 Å². The first-order valence-corrected chi connectivity index (χ1v) is 16.4. The first kappa shape index (κ1) is 27.6. The van der Waals surface area contributed by atoms with Gasteiger partial charge in [-0.25, -0.2) is 8.42 Å². The molecule has 3 fully saturated rings. The van der Waals surface area contributed by atoms with E-state index in [1.165, 1.54) is 0 Å². The topological polar surface area (TPSA) is 102 Å². The fourth-order valence-electron chi connectivity index (χ4n) is 5.92. The number of ether oxygens (including phenoxy) is 1. The van der Waals surface area contributed by atoms with Gasteiger partial charge < -0.3 is 19.5 Å². The minimum Gasteiger partial charge on any atom is -0.373 e. The van der Waals surface area contributed by atoms with Crippen molar-refractivity contribution in [2.24, 2.45) is 5.92 Å². The number of fused-ring (bicyclic) bond motifs is 2. The van der Waals surface area contributed by atoms with Gasteiger partial charge in [0.25, 0.3) is 5.91 Å². The number of carbonyl (C=O) groups excluding carboxylic acids is 1. The number of carbonyl (C=O) groups is 1. The first-order chi connectivity index (χ1) is 19.2. The third-order valence-corrected chi connectivity index (χ3v) is 9.68. The number of halogens is 2. The van der Waals surface area contributed by atoms with Crippen LogP contribution in [0.2, 0.25) is 10.0 Å². The van der Waals surface area contributed by atoms with Crippen LogP contribution in [0.25, 0.3) is 11.3 Å². The molecule has 8 nitrogen and oxygen atoms in total. The molecule has 3 aliphatic rings. The first-order valence-electron chi connectivity index (χ1n) is 13.5. The number of anilines is 1. The third-order valence-electron chi connectivity index (χ3n) is 8.10. The minimum absolute atomic E-state index is 0.0784. The highest BCUT2D eigenvalue weighted by Crippen LogP contribution is 2.47. The van der Waals surface area contributed by atoms with Crippen molar-refractivity contribution in [3.05, 3.63) is 69.4 Å². The molecule has 2 heterocycles.